The van der Waals surface area contributed by atoms with E-state index >= 15 is 0 Å². The summed E-state index contributed by atoms with van der Waals surface area (Å²) >= 11 is 0. The number of halogens is 1. The highest BCUT2D eigenvalue weighted by Gasteiger charge is 2.43. The Balaban J connectivity index is 1.68. The SMILES string of the molecule is CC1C(=O)N(Cc2cc([N+](=O)[O-])cc3c2OCOC3)C(=O)N1c1ccc(F)cc1. The summed E-state index contributed by atoms with van der Waals surface area (Å²) in [6.07, 6.45) is 0. The number of nitrogens with zero attached hydrogens (tertiary/aromatic N) is 3. The average Bonchev–Trinajstić information content (AvgIpc) is 2.92. The molecule has 150 valence electrons. The Morgan fingerprint density at radius 2 is 1.97 bits per heavy atom. The van der Waals surface area contributed by atoms with Gasteiger partial charge in [-0.05, 0) is 31.2 Å². The van der Waals surface area contributed by atoms with Gasteiger partial charge in [-0.25, -0.2) is 9.18 Å². The van der Waals surface area contributed by atoms with Crippen molar-refractivity contribution in [3.63, 3.8) is 0 Å². The lowest BCUT2D eigenvalue weighted by atomic mass is 10.1. The summed E-state index contributed by atoms with van der Waals surface area (Å²) < 4.78 is 23.9. The number of hydrogen-bond acceptors (Lipinski definition) is 6. The van der Waals surface area contributed by atoms with Crippen molar-refractivity contribution in [3.8, 4) is 5.75 Å². The van der Waals surface area contributed by atoms with Crippen LogP contribution in [0.2, 0.25) is 0 Å². The van der Waals surface area contributed by atoms with E-state index in [0.717, 1.165) is 4.90 Å². The van der Waals surface area contributed by atoms with Crippen LogP contribution in [-0.4, -0.2) is 34.6 Å². The quantitative estimate of drug-likeness (QED) is 0.443. The molecule has 1 unspecified atom stereocenters. The number of nitro groups is 1. The van der Waals surface area contributed by atoms with Crippen LogP contribution in [0.3, 0.4) is 0 Å². The zero-order chi connectivity index (χ0) is 20.7. The number of carbonyl (C=O) groups is 2. The molecule has 0 N–H and O–H groups in total. The molecule has 2 aliphatic rings. The standard InChI is InChI=1S/C19H16FN3O6/c1-11-18(24)21(19(25)22(11)15-4-2-14(20)3-5-15)8-12-6-16(23(26)27)7-13-9-28-10-29-17(12)13/h2-7,11H,8-10H2,1H3. The van der Waals surface area contributed by atoms with E-state index in [2.05, 4.69) is 0 Å². The topological polar surface area (TPSA) is 102 Å². The Labute approximate surface area is 164 Å². The van der Waals surface area contributed by atoms with Crippen molar-refractivity contribution in [3.05, 3.63) is 63.5 Å². The van der Waals surface area contributed by atoms with Crippen molar-refractivity contribution >= 4 is 23.3 Å². The minimum absolute atomic E-state index is 0.0299. The van der Waals surface area contributed by atoms with E-state index in [-0.39, 0.29) is 25.6 Å². The maximum absolute atomic E-state index is 13.2. The molecule has 0 radical (unpaired) electrons. The molecule has 3 amide bonds. The summed E-state index contributed by atoms with van der Waals surface area (Å²) in [6.45, 7) is 1.47. The lowest BCUT2D eigenvalue weighted by molar-refractivity contribution is -0.385. The molecule has 0 saturated carbocycles. The summed E-state index contributed by atoms with van der Waals surface area (Å²) in [5.41, 5.74) is 1.01. The number of carbonyl (C=O) groups excluding carboxylic acids is 2. The van der Waals surface area contributed by atoms with Crippen molar-refractivity contribution in [2.75, 3.05) is 11.7 Å². The predicted molar refractivity (Wildman–Crippen MR) is 97.7 cm³/mol. The second kappa shape index (κ2) is 7.13. The molecule has 2 aromatic rings. The summed E-state index contributed by atoms with van der Waals surface area (Å²) in [5, 5.41) is 11.3. The molecular weight excluding hydrogens is 385 g/mol. The van der Waals surface area contributed by atoms with E-state index in [1.54, 1.807) is 6.92 Å². The lowest BCUT2D eigenvalue weighted by Gasteiger charge is -2.23. The van der Waals surface area contributed by atoms with Crippen LogP contribution < -0.4 is 9.64 Å². The Hall–Kier alpha value is -3.53. The smallest absolute Gasteiger partial charge is 0.332 e. The number of nitro benzene ring substituents is 1. The summed E-state index contributed by atoms with van der Waals surface area (Å²) in [4.78, 5) is 38.7. The normalized spacial score (nSPS) is 18.6. The van der Waals surface area contributed by atoms with Crippen LogP contribution in [0, 0.1) is 15.9 Å². The molecule has 29 heavy (non-hydrogen) atoms. The number of urea groups is 1. The molecule has 9 nitrogen and oxygen atoms in total. The van der Waals surface area contributed by atoms with Crippen LogP contribution in [0.25, 0.3) is 0 Å². The predicted octanol–water partition coefficient (Wildman–Crippen LogP) is 2.96. The summed E-state index contributed by atoms with van der Waals surface area (Å²) in [6, 6.07) is 6.47. The molecule has 0 aliphatic carbocycles. The Kier molecular flexibility index (Phi) is 4.63. The van der Waals surface area contributed by atoms with Crippen LogP contribution in [-0.2, 0) is 22.7 Å². The van der Waals surface area contributed by atoms with Crippen LogP contribution >= 0.6 is 0 Å². The molecular formula is C19H16FN3O6. The molecule has 2 heterocycles. The third kappa shape index (κ3) is 3.27. The number of imide groups is 1. The van der Waals surface area contributed by atoms with Gasteiger partial charge in [0.15, 0.2) is 6.79 Å². The Morgan fingerprint density at radius 1 is 1.24 bits per heavy atom. The fourth-order valence-electron chi connectivity index (χ4n) is 3.48. The number of ether oxygens (including phenoxy) is 2. The molecule has 1 atom stereocenters. The highest BCUT2D eigenvalue weighted by atomic mass is 19.1. The number of anilines is 1. The molecule has 0 aromatic heterocycles. The van der Waals surface area contributed by atoms with E-state index in [9.17, 15) is 24.1 Å². The second-order valence-corrected chi connectivity index (χ2v) is 6.69. The molecule has 1 fully saturated rings. The third-order valence-corrected chi connectivity index (χ3v) is 4.86. The second-order valence-electron chi connectivity index (χ2n) is 6.69. The molecule has 2 aromatic carbocycles. The van der Waals surface area contributed by atoms with E-state index in [4.69, 9.17) is 9.47 Å². The van der Waals surface area contributed by atoms with Crippen molar-refractivity contribution in [2.45, 2.75) is 26.1 Å². The van der Waals surface area contributed by atoms with Gasteiger partial charge >= 0.3 is 6.03 Å². The van der Waals surface area contributed by atoms with Crippen molar-refractivity contribution in [2.24, 2.45) is 0 Å². The maximum atomic E-state index is 13.2. The summed E-state index contributed by atoms with van der Waals surface area (Å²) in [5.74, 6) is -0.555. The first-order valence-electron chi connectivity index (χ1n) is 8.77. The molecule has 10 heteroatoms. The van der Waals surface area contributed by atoms with Gasteiger partial charge in [-0.2, -0.15) is 0 Å². The van der Waals surface area contributed by atoms with Crippen molar-refractivity contribution in [1.29, 1.82) is 0 Å². The Morgan fingerprint density at radius 3 is 2.66 bits per heavy atom. The zero-order valence-corrected chi connectivity index (χ0v) is 15.3. The van der Waals surface area contributed by atoms with E-state index in [0.29, 0.717) is 22.6 Å². The van der Waals surface area contributed by atoms with Crippen LogP contribution in [0.4, 0.5) is 20.6 Å². The van der Waals surface area contributed by atoms with Gasteiger partial charge in [0.2, 0.25) is 0 Å². The van der Waals surface area contributed by atoms with Gasteiger partial charge in [-0.1, -0.05) is 0 Å². The van der Waals surface area contributed by atoms with Gasteiger partial charge in [0, 0.05) is 28.9 Å². The van der Waals surface area contributed by atoms with E-state index in [1.807, 2.05) is 0 Å². The first-order chi connectivity index (χ1) is 13.9. The van der Waals surface area contributed by atoms with Gasteiger partial charge in [0.1, 0.15) is 17.6 Å². The Bertz CT molecular complexity index is 1010. The number of hydrogen-bond donors (Lipinski definition) is 0. The fourth-order valence-corrected chi connectivity index (χ4v) is 3.48. The van der Waals surface area contributed by atoms with Crippen LogP contribution in [0.1, 0.15) is 18.1 Å². The van der Waals surface area contributed by atoms with Crippen molar-refractivity contribution in [1.82, 2.24) is 4.90 Å². The van der Waals surface area contributed by atoms with Gasteiger partial charge < -0.3 is 9.47 Å². The lowest BCUT2D eigenvalue weighted by Crippen LogP contribution is -2.33. The van der Waals surface area contributed by atoms with Gasteiger partial charge in [0.25, 0.3) is 11.6 Å². The van der Waals surface area contributed by atoms with Gasteiger partial charge in [-0.3, -0.25) is 24.7 Å². The minimum Gasteiger partial charge on any atom is -0.467 e. The van der Waals surface area contributed by atoms with E-state index in [1.165, 1.54) is 41.3 Å². The molecule has 0 spiro atoms. The number of fused-ring (bicyclic) bond motifs is 1. The monoisotopic (exact) mass is 401 g/mol. The van der Waals surface area contributed by atoms with Gasteiger partial charge in [0.05, 0.1) is 18.1 Å². The molecule has 1 saturated heterocycles. The first kappa shape index (κ1) is 18.8. The zero-order valence-electron chi connectivity index (χ0n) is 15.3. The van der Waals surface area contributed by atoms with Crippen LogP contribution in [0.5, 0.6) is 5.75 Å². The van der Waals surface area contributed by atoms with E-state index < -0.39 is 28.7 Å². The fraction of sp³-hybridized carbons (Fsp3) is 0.263. The van der Waals surface area contributed by atoms with Crippen LogP contribution in [0.15, 0.2) is 36.4 Å². The summed E-state index contributed by atoms with van der Waals surface area (Å²) in [7, 11) is 0. The minimum atomic E-state index is -0.799. The average molecular weight is 401 g/mol. The number of benzene rings is 2. The highest BCUT2D eigenvalue weighted by Crippen LogP contribution is 2.35. The molecule has 0 bridgehead atoms. The number of amides is 3. The first-order valence-corrected chi connectivity index (χ1v) is 8.77. The highest BCUT2D eigenvalue weighted by molar-refractivity contribution is 6.14. The molecule has 4 rings (SSSR count). The maximum Gasteiger partial charge on any atom is 0.332 e. The third-order valence-electron chi connectivity index (χ3n) is 4.86. The molecule has 2 aliphatic heterocycles. The van der Waals surface area contributed by atoms with Gasteiger partial charge in [-0.15, -0.1) is 0 Å². The number of non-ortho nitro benzene ring substituents is 1. The number of rotatable bonds is 4. The largest absolute Gasteiger partial charge is 0.467 e. The van der Waals surface area contributed by atoms with Crippen molar-refractivity contribution < 1.29 is 28.4 Å².